The maximum atomic E-state index is 12.1. The Morgan fingerprint density at radius 2 is 2.16 bits per heavy atom. The van der Waals surface area contributed by atoms with Gasteiger partial charge in [0.1, 0.15) is 17.1 Å². The van der Waals surface area contributed by atoms with Crippen molar-refractivity contribution in [3.8, 4) is 0 Å². The van der Waals surface area contributed by atoms with E-state index in [0.29, 0.717) is 11.5 Å². The van der Waals surface area contributed by atoms with E-state index >= 15 is 0 Å². The molecule has 0 aromatic carbocycles. The molecular formula is C14H19NO4. The first-order valence-electron chi connectivity index (χ1n) is 6.59. The van der Waals surface area contributed by atoms with E-state index in [2.05, 4.69) is 5.32 Å². The maximum Gasteiger partial charge on any atom is 0.339 e. The van der Waals surface area contributed by atoms with E-state index in [1.165, 1.54) is 6.07 Å². The lowest BCUT2D eigenvalue weighted by Gasteiger charge is -2.39. The Labute approximate surface area is 112 Å². The molecule has 1 aliphatic rings. The molecule has 1 fully saturated rings. The third-order valence-corrected chi connectivity index (χ3v) is 4.09. The average Bonchev–Trinajstić information content (AvgIpc) is 2.67. The molecule has 0 aliphatic heterocycles. The highest BCUT2D eigenvalue weighted by Gasteiger charge is 2.42. The van der Waals surface area contributed by atoms with Crippen molar-refractivity contribution >= 4 is 11.9 Å². The highest BCUT2D eigenvalue weighted by Crippen LogP contribution is 2.43. The van der Waals surface area contributed by atoms with Gasteiger partial charge in [-0.2, -0.15) is 0 Å². The minimum absolute atomic E-state index is 0.0483. The number of amides is 1. The Morgan fingerprint density at radius 3 is 2.58 bits per heavy atom. The Hall–Kier alpha value is -1.78. The van der Waals surface area contributed by atoms with E-state index in [1.807, 2.05) is 6.92 Å². The molecule has 0 bridgehead atoms. The van der Waals surface area contributed by atoms with Crippen LogP contribution in [-0.2, 0) is 11.3 Å². The van der Waals surface area contributed by atoms with Crippen molar-refractivity contribution in [2.75, 3.05) is 0 Å². The van der Waals surface area contributed by atoms with Gasteiger partial charge in [0.2, 0.25) is 5.91 Å². The molecule has 5 heteroatoms. The molecule has 0 radical (unpaired) electrons. The van der Waals surface area contributed by atoms with Gasteiger partial charge >= 0.3 is 5.97 Å². The summed E-state index contributed by atoms with van der Waals surface area (Å²) < 4.78 is 5.33. The summed E-state index contributed by atoms with van der Waals surface area (Å²) in [7, 11) is 0. The van der Waals surface area contributed by atoms with Crippen LogP contribution in [0.4, 0.5) is 0 Å². The highest BCUT2D eigenvalue weighted by atomic mass is 16.4. The molecule has 1 aromatic rings. The number of carboxylic acid groups (broad SMARTS) is 1. The van der Waals surface area contributed by atoms with Gasteiger partial charge in [-0.3, -0.25) is 4.79 Å². The molecule has 2 N–H and O–H groups in total. The number of nitrogens with one attached hydrogen (secondary N) is 1. The average molecular weight is 265 g/mol. The fourth-order valence-corrected chi connectivity index (χ4v) is 2.54. The summed E-state index contributed by atoms with van der Waals surface area (Å²) in [5.74, 6) is -0.116. The smallest absolute Gasteiger partial charge is 0.339 e. The van der Waals surface area contributed by atoms with E-state index in [0.717, 1.165) is 25.7 Å². The third-order valence-electron chi connectivity index (χ3n) is 4.09. The van der Waals surface area contributed by atoms with E-state index in [4.69, 9.17) is 9.52 Å². The number of carboxylic acids is 1. The van der Waals surface area contributed by atoms with Crippen LogP contribution in [0.3, 0.4) is 0 Å². The second-order valence-electron chi connectivity index (χ2n) is 5.16. The van der Waals surface area contributed by atoms with Gasteiger partial charge in [-0.1, -0.05) is 13.3 Å². The lowest BCUT2D eigenvalue weighted by atomic mass is 9.66. The van der Waals surface area contributed by atoms with Crippen LogP contribution in [0.2, 0.25) is 0 Å². The van der Waals surface area contributed by atoms with Crippen LogP contribution in [0.1, 0.15) is 54.5 Å². The van der Waals surface area contributed by atoms with Gasteiger partial charge in [0.25, 0.3) is 0 Å². The zero-order valence-electron chi connectivity index (χ0n) is 11.3. The zero-order valence-corrected chi connectivity index (χ0v) is 11.3. The van der Waals surface area contributed by atoms with Gasteiger partial charge in [0, 0.05) is 5.41 Å². The summed E-state index contributed by atoms with van der Waals surface area (Å²) in [5, 5.41) is 11.8. The van der Waals surface area contributed by atoms with Crippen molar-refractivity contribution in [1.29, 1.82) is 0 Å². The van der Waals surface area contributed by atoms with Crippen molar-refractivity contribution in [3.05, 3.63) is 23.2 Å². The summed E-state index contributed by atoms with van der Waals surface area (Å²) in [5.41, 5.74) is -0.0600. The molecule has 1 heterocycles. The minimum atomic E-state index is -1.01. The van der Waals surface area contributed by atoms with Crippen LogP contribution in [0.15, 0.2) is 10.5 Å². The molecule has 5 nitrogen and oxygen atoms in total. The lowest BCUT2D eigenvalue weighted by molar-refractivity contribution is -0.136. The van der Waals surface area contributed by atoms with Crippen molar-refractivity contribution < 1.29 is 19.1 Å². The number of furan rings is 1. The molecule has 1 amide bonds. The maximum absolute atomic E-state index is 12.1. The standard InChI is InChI=1S/C14H19NO4/c1-3-14(5-4-6-14)13(18)15-8-10-7-11(12(16)17)9(2)19-10/h7H,3-6,8H2,1-2H3,(H,15,18)(H,16,17). The van der Waals surface area contributed by atoms with Crippen LogP contribution in [-0.4, -0.2) is 17.0 Å². The largest absolute Gasteiger partial charge is 0.478 e. The van der Waals surface area contributed by atoms with E-state index in [-0.39, 0.29) is 23.4 Å². The van der Waals surface area contributed by atoms with Gasteiger partial charge < -0.3 is 14.8 Å². The van der Waals surface area contributed by atoms with Crippen LogP contribution >= 0.6 is 0 Å². The molecule has 1 aromatic heterocycles. The van der Waals surface area contributed by atoms with E-state index < -0.39 is 5.97 Å². The monoisotopic (exact) mass is 265 g/mol. The van der Waals surface area contributed by atoms with Gasteiger partial charge in [-0.25, -0.2) is 4.79 Å². The van der Waals surface area contributed by atoms with Crippen molar-refractivity contribution in [3.63, 3.8) is 0 Å². The predicted molar refractivity (Wildman–Crippen MR) is 68.8 cm³/mol. The molecule has 0 unspecified atom stereocenters. The quantitative estimate of drug-likeness (QED) is 0.857. The van der Waals surface area contributed by atoms with Crippen molar-refractivity contribution in [1.82, 2.24) is 5.32 Å². The SMILES string of the molecule is CCC1(C(=O)NCc2cc(C(=O)O)c(C)o2)CCC1. The number of carbonyl (C=O) groups is 2. The second kappa shape index (κ2) is 5.07. The van der Waals surface area contributed by atoms with Crippen molar-refractivity contribution in [2.24, 2.45) is 5.41 Å². The first-order chi connectivity index (χ1) is 8.98. The van der Waals surface area contributed by atoms with Gasteiger partial charge in [-0.15, -0.1) is 0 Å². The molecule has 1 aliphatic carbocycles. The van der Waals surface area contributed by atoms with Crippen LogP contribution in [0.5, 0.6) is 0 Å². The molecule has 0 saturated heterocycles. The summed E-state index contributed by atoms with van der Waals surface area (Å²) in [6.07, 6.45) is 3.82. The van der Waals surface area contributed by atoms with Gasteiger partial charge in [0.05, 0.1) is 6.54 Å². The van der Waals surface area contributed by atoms with E-state index in [9.17, 15) is 9.59 Å². The zero-order chi connectivity index (χ0) is 14.0. The van der Waals surface area contributed by atoms with E-state index in [1.54, 1.807) is 6.92 Å². The molecule has 2 rings (SSSR count). The molecule has 1 saturated carbocycles. The summed E-state index contributed by atoms with van der Waals surface area (Å²) in [4.78, 5) is 23.0. The molecule has 0 spiro atoms. The van der Waals surface area contributed by atoms with Gasteiger partial charge in [-0.05, 0) is 32.3 Å². The predicted octanol–water partition coefficient (Wildman–Crippen LogP) is 2.48. The molecule has 19 heavy (non-hydrogen) atoms. The first kappa shape index (κ1) is 13.6. The summed E-state index contributed by atoms with van der Waals surface area (Å²) >= 11 is 0. The topological polar surface area (TPSA) is 79.5 Å². The highest BCUT2D eigenvalue weighted by molar-refractivity contribution is 5.89. The number of hydrogen-bond donors (Lipinski definition) is 2. The Bertz CT molecular complexity index is 494. The number of hydrogen-bond acceptors (Lipinski definition) is 3. The number of carbonyl (C=O) groups excluding carboxylic acids is 1. The summed E-state index contributed by atoms with van der Waals surface area (Å²) in [6.45, 7) is 3.88. The second-order valence-corrected chi connectivity index (χ2v) is 5.16. The van der Waals surface area contributed by atoms with Crippen LogP contribution in [0, 0.1) is 12.3 Å². The van der Waals surface area contributed by atoms with Crippen molar-refractivity contribution in [2.45, 2.75) is 46.1 Å². The number of aryl methyl sites for hydroxylation is 1. The molecule has 104 valence electrons. The Morgan fingerprint density at radius 1 is 1.47 bits per heavy atom. The lowest BCUT2D eigenvalue weighted by Crippen LogP contribution is -2.44. The number of rotatable bonds is 5. The minimum Gasteiger partial charge on any atom is -0.478 e. The Kier molecular flexibility index (Phi) is 3.64. The third kappa shape index (κ3) is 2.50. The molecular weight excluding hydrogens is 246 g/mol. The fraction of sp³-hybridized carbons (Fsp3) is 0.571. The Balaban J connectivity index is 1.97. The van der Waals surface area contributed by atoms with Crippen LogP contribution in [0.25, 0.3) is 0 Å². The summed E-state index contributed by atoms with van der Waals surface area (Å²) in [6, 6.07) is 1.47. The normalized spacial score (nSPS) is 16.7. The molecule has 0 atom stereocenters. The number of aromatic carboxylic acids is 1. The van der Waals surface area contributed by atoms with Crippen LogP contribution < -0.4 is 5.32 Å². The fourth-order valence-electron chi connectivity index (χ4n) is 2.54. The van der Waals surface area contributed by atoms with Gasteiger partial charge in [0.15, 0.2) is 0 Å². The first-order valence-corrected chi connectivity index (χ1v) is 6.59.